The number of benzene rings is 1. The molecule has 0 amide bonds. The number of hydrogen-bond donors (Lipinski definition) is 1. The third-order valence-corrected chi connectivity index (χ3v) is 3.31. The molecule has 16 heavy (non-hydrogen) atoms. The summed E-state index contributed by atoms with van der Waals surface area (Å²) in [5.41, 5.74) is 1.27. The van der Waals surface area contributed by atoms with Gasteiger partial charge >= 0.3 is 5.97 Å². The summed E-state index contributed by atoms with van der Waals surface area (Å²) in [7, 11) is 1.39. The third kappa shape index (κ3) is 1.56. The van der Waals surface area contributed by atoms with Gasteiger partial charge in [-0.15, -0.1) is 0 Å². The first-order valence-corrected chi connectivity index (χ1v) is 5.55. The van der Waals surface area contributed by atoms with E-state index >= 15 is 0 Å². The van der Waals surface area contributed by atoms with Gasteiger partial charge in [-0.1, -0.05) is 19.1 Å². The van der Waals surface area contributed by atoms with Crippen LogP contribution in [0.4, 0.5) is 0 Å². The number of aromatic hydroxyl groups is 1. The Morgan fingerprint density at radius 1 is 1.50 bits per heavy atom. The quantitative estimate of drug-likeness (QED) is 0.794. The lowest BCUT2D eigenvalue weighted by atomic mass is 9.93. The maximum absolute atomic E-state index is 11.7. The van der Waals surface area contributed by atoms with Crippen LogP contribution < -0.4 is 0 Å². The Kier molecular flexibility index (Phi) is 2.62. The molecule has 2 rings (SSSR count). The predicted octanol–water partition coefficient (Wildman–Crippen LogP) is 2.16. The zero-order valence-electron chi connectivity index (χ0n) is 9.62. The molecule has 3 heteroatoms. The summed E-state index contributed by atoms with van der Waals surface area (Å²) in [5, 5.41) is 9.84. The lowest BCUT2D eigenvalue weighted by Crippen LogP contribution is -2.22. The first-order chi connectivity index (χ1) is 7.64. The molecule has 0 bridgehead atoms. The van der Waals surface area contributed by atoms with E-state index in [1.54, 1.807) is 6.07 Å². The molecule has 0 heterocycles. The van der Waals surface area contributed by atoms with Crippen molar-refractivity contribution in [2.24, 2.45) is 0 Å². The fraction of sp³-hybridized carbons (Fsp3) is 0.462. The van der Waals surface area contributed by atoms with Crippen LogP contribution in [0, 0.1) is 0 Å². The Bertz CT molecular complexity index is 419. The summed E-state index contributed by atoms with van der Waals surface area (Å²) in [5.74, 6) is -0.0452. The first kappa shape index (κ1) is 11.0. The Hall–Kier alpha value is -1.51. The molecule has 0 aliphatic heterocycles. The minimum Gasteiger partial charge on any atom is -0.508 e. The number of carbonyl (C=O) groups excluding carboxylic acids is 1. The number of ether oxygens (including phenoxy) is 1. The molecule has 1 saturated carbocycles. The largest absolute Gasteiger partial charge is 0.508 e. The average molecular weight is 220 g/mol. The Morgan fingerprint density at radius 2 is 2.19 bits per heavy atom. The number of esters is 1. The fourth-order valence-corrected chi connectivity index (χ4v) is 2.09. The van der Waals surface area contributed by atoms with Crippen molar-refractivity contribution < 1.29 is 14.6 Å². The summed E-state index contributed by atoms with van der Waals surface area (Å²) in [6.45, 7) is 2.05. The number of hydrogen-bond acceptors (Lipinski definition) is 3. The molecule has 1 aromatic carbocycles. The van der Waals surface area contributed by atoms with Crippen molar-refractivity contribution in [1.82, 2.24) is 0 Å². The van der Waals surface area contributed by atoms with E-state index in [0.717, 1.165) is 30.4 Å². The van der Waals surface area contributed by atoms with Gasteiger partial charge in [-0.25, -0.2) is 0 Å². The van der Waals surface area contributed by atoms with Gasteiger partial charge in [0.1, 0.15) is 5.75 Å². The zero-order valence-corrected chi connectivity index (χ0v) is 9.62. The van der Waals surface area contributed by atoms with Gasteiger partial charge in [0, 0.05) is 5.56 Å². The molecule has 1 aromatic rings. The van der Waals surface area contributed by atoms with Crippen molar-refractivity contribution in [1.29, 1.82) is 0 Å². The van der Waals surface area contributed by atoms with Gasteiger partial charge in [-0.05, 0) is 30.9 Å². The van der Waals surface area contributed by atoms with Gasteiger partial charge in [-0.3, -0.25) is 4.79 Å². The lowest BCUT2D eigenvalue weighted by Gasteiger charge is -2.15. The highest BCUT2D eigenvalue weighted by atomic mass is 16.5. The number of carbonyl (C=O) groups is 1. The number of phenolic OH excluding ortho intramolecular Hbond substituents is 1. The zero-order chi connectivity index (χ0) is 11.8. The molecule has 1 N–H and O–H groups in total. The number of rotatable bonds is 3. The van der Waals surface area contributed by atoms with Crippen LogP contribution in [0.5, 0.6) is 5.75 Å². The van der Waals surface area contributed by atoms with Gasteiger partial charge in [0.05, 0.1) is 12.5 Å². The number of methoxy groups -OCH3 is 1. The molecule has 86 valence electrons. The van der Waals surface area contributed by atoms with Gasteiger partial charge in [-0.2, -0.15) is 0 Å². The van der Waals surface area contributed by atoms with E-state index in [1.807, 2.05) is 19.1 Å². The normalized spacial score (nSPS) is 16.9. The van der Waals surface area contributed by atoms with Crippen LogP contribution in [0.2, 0.25) is 0 Å². The molecule has 0 saturated heterocycles. The molecule has 0 unspecified atom stereocenters. The average Bonchev–Trinajstić information content (AvgIpc) is 3.10. The van der Waals surface area contributed by atoms with Crippen LogP contribution in [-0.2, 0) is 21.4 Å². The van der Waals surface area contributed by atoms with E-state index in [2.05, 4.69) is 0 Å². The molecule has 0 aromatic heterocycles. The Labute approximate surface area is 95.0 Å². The minimum absolute atomic E-state index is 0.195. The maximum Gasteiger partial charge on any atom is 0.316 e. The molecule has 1 aliphatic rings. The highest BCUT2D eigenvalue weighted by Gasteiger charge is 2.54. The Morgan fingerprint density at radius 3 is 2.69 bits per heavy atom. The van der Waals surface area contributed by atoms with E-state index in [1.165, 1.54) is 7.11 Å². The highest BCUT2D eigenvalue weighted by Crippen LogP contribution is 2.52. The van der Waals surface area contributed by atoms with Crippen molar-refractivity contribution in [3.63, 3.8) is 0 Å². The van der Waals surface area contributed by atoms with E-state index in [9.17, 15) is 9.90 Å². The van der Waals surface area contributed by atoms with Crippen molar-refractivity contribution in [3.05, 3.63) is 29.3 Å². The molecule has 0 spiro atoms. The van der Waals surface area contributed by atoms with Gasteiger partial charge in [0.2, 0.25) is 0 Å². The summed E-state index contributed by atoms with van der Waals surface area (Å²) < 4.78 is 4.81. The number of phenols is 1. The van der Waals surface area contributed by atoms with E-state index < -0.39 is 5.41 Å². The molecule has 1 fully saturated rings. The predicted molar refractivity (Wildman–Crippen MR) is 60.4 cm³/mol. The molecule has 0 atom stereocenters. The van der Waals surface area contributed by atoms with E-state index in [4.69, 9.17) is 4.74 Å². The Balaban J connectivity index is 2.43. The van der Waals surface area contributed by atoms with E-state index in [0.29, 0.717) is 0 Å². The summed E-state index contributed by atoms with van der Waals surface area (Å²) >= 11 is 0. The van der Waals surface area contributed by atoms with Crippen LogP contribution in [-0.4, -0.2) is 18.2 Å². The van der Waals surface area contributed by atoms with Crippen molar-refractivity contribution >= 4 is 5.97 Å². The molecular formula is C13H16O3. The topological polar surface area (TPSA) is 46.5 Å². The van der Waals surface area contributed by atoms with Crippen LogP contribution in [0.1, 0.15) is 30.9 Å². The monoisotopic (exact) mass is 220 g/mol. The van der Waals surface area contributed by atoms with Crippen molar-refractivity contribution in [2.75, 3.05) is 7.11 Å². The second kappa shape index (κ2) is 3.81. The summed E-state index contributed by atoms with van der Waals surface area (Å²) in [6.07, 6.45) is 2.42. The standard InChI is InChI=1S/C13H16O3/c1-3-9-4-5-11(14)10(8-9)13(6-7-13)12(15)16-2/h4-5,8,14H,3,6-7H2,1-2H3. The van der Waals surface area contributed by atoms with Crippen LogP contribution >= 0.6 is 0 Å². The number of aryl methyl sites for hydroxylation is 1. The molecule has 0 radical (unpaired) electrons. The smallest absolute Gasteiger partial charge is 0.316 e. The SMILES string of the molecule is CCc1ccc(O)c(C2(C(=O)OC)CC2)c1. The minimum atomic E-state index is -0.579. The second-order valence-electron chi connectivity index (χ2n) is 4.28. The summed E-state index contributed by atoms with van der Waals surface area (Å²) in [6, 6.07) is 5.46. The first-order valence-electron chi connectivity index (χ1n) is 5.55. The van der Waals surface area contributed by atoms with Gasteiger partial charge < -0.3 is 9.84 Å². The van der Waals surface area contributed by atoms with Gasteiger partial charge in [0.15, 0.2) is 0 Å². The van der Waals surface area contributed by atoms with Crippen molar-refractivity contribution in [3.8, 4) is 5.75 Å². The van der Waals surface area contributed by atoms with Gasteiger partial charge in [0.25, 0.3) is 0 Å². The maximum atomic E-state index is 11.7. The molecular weight excluding hydrogens is 204 g/mol. The lowest BCUT2D eigenvalue weighted by molar-refractivity contribution is -0.143. The summed E-state index contributed by atoms with van der Waals surface area (Å²) in [4.78, 5) is 11.7. The third-order valence-electron chi connectivity index (χ3n) is 3.31. The fourth-order valence-electron chi connectivity index (χ4n) is 2.09. The van der Waals surface area contributed by atoms with Crippen LogP contribution in [0.25, 0.3) is 0 Å². The molecule has 1 aliphatic carbocycles. The molecule has 3 nitrogen and oxygen atoms in total. The second-order valence-corrected chi connectivity index (χ2v) is 4.28. The van der Waals surface area contributed by atoms with E-state index in [-0.39, 0.29) is 11.7 Å². The van der Waals surface area contributed by atoms with Crippen LogP contribution in [0.15, 0.2) is 18.2 Å². The highest BCUT2D eigenvalue weighted by molar-refractivity contribution is 5.87. The van der Waals surface area contributed by atoms with Crippen LogP contribution in [0.3, 0.4) is 0 Å². The van der Waals surface area contributed by atoms with Crippen molar-refractivity contribution in [2.45, 2.75) is 31.6 Å².